The van der Waals surface area contributed by atoms with Gasteiger partial charge in [-0.1, -0.05) is 68.7 Å². The van der Waals surface area contributed by atoms with Crippen molar-refractivity contribution in [2.75, 3.05) is 0 Å². The Labute approximate surface area is 201 Å². The Hall–Kier alpha value is -0.0800. The molecule has 2 saturated carbocycles. The van der Waals surface area contributed by atoms with E-state index in [1.165, 1.54) is 38.5 Å². The van der Waals surface area contributed by atoms with Crippen LogP contribution in [0.4, 0.5) is 0 Å². The molecule has 2 heteroatoms. The predicted octanol–water partition coefficient (Wildman–Crippen LogP) is 8.38. The van der Waals surface area contributed by atoms with Crippen molar-refractivity contribution < 1.29 is 9.47 Å². The first-order chi connectivity index (χ1) is 14.8. The second-order valence-electron chi connectivity index (χ2n) is 13.8. The van der Waals surface area contributed by atoms with Crippen LogP contribution in [0.25, 0.3) is 0 Å². The minimum Gasteiger partial charge on any atom is -0.371 e. The normalized spacial score (nSPS) is 45.3. The van der Waals surface area contributed by atoms with Crippen LogP contribution in [0.2, 0.25) is 0 Å². The van der Waals surface area contributed by atoms with Gasteiger partial charge in [-0.05, 0) is 99.2 Å². The smallest absolute Gasteiger partial charge is 0.0725 e. The first kappa shape index (κ1) is 26.5. The SMILES string of the molecule is CC(C)CC12CC(C)C(C(C)O1)C2C(C)C.CC(C)CC12CCCC(C(C)O1)C2C(C)C. The fourth-order valence-corrected chi connectivity index (χ4v) is 9.44. The largest absolute Gasteiger partial charge is 0.371 e. The van der Waals surface area contributed by atoms with E-state index in [0.717, 1.165) is 53.3 Å². The Kier molecular flexibility index (Phi) is 8.19. The van der Waals surface area contributed by atoms with Gasteiger partial charge < -0.3 is 9.47 Å². The lowest BCUT2D eigenvalue weighted by Gasteiger charge is -2.43. The van der Waals surface area contributed by atoms with Gasteiger partial charge in [0.1, 0.15) is 0 Å². The van der Waals surface area contributed by atoms with Crippen molar-refractivity contribution in [3.8, 4) is 0 Å². The van der Waals surface area contributed by atoms with E-state index in [1.54, 1.807) is 0 Å². The van der Waals surface area contributed by atoms with Crippen LogP contribution in [0, 0.1) is 53.3 Å². The van der Waals surface area contributed by atoms with E-state index in [4.69, 9.17) is 9.47 Å². The van der Waals surface area contributed by atoms with E-state index in [0.29, 0.717) is 12.2 Å². The molecule has 4 aliphatic rings. The van der Waals surface area contributed by atoms with Crippen molar-refractivity contribution in [3.05, 3.63) is 0 Å². The number of hydrogen-bond acceptors (Lipinski definition) is 2. The molecular formula is C30H56O2. The fourth-order valence-electron chi connectivity index (χ4n) is 9.44. The Balaban J connectivity index is 0.000000181. The van der Waals surface area contributed by atoms with Crippen molar-refractivity contribution in [2.45, 2.75) is 138 Å². The highest BCUT2D eigenvalue weighted by molar-refractivity contribution is 5.09. The zero-order chi connectivity index (χ0) is 24.0. The summed E-state index contributed by atoms with van der Waals surface area (Å²) in [6.45, 7) is 25.9. The molecule has 0 aromatic carbocycles. The van der Waals surface area contributed by atoms with Crippen LogP contribution < -0.4 is 0 Å². The molecule has 2 aliphatic carbocycles. The van der Waals surface area contributed by atoms with Crippen LogP contribution in [0.15, 0.2) is 0 Å². The molecule has 188 valence electrons. The summed E-state index contributed by atoms with van der Waals surface area (Å²) in [7, 11) is 0. The van der Waals surface area contributed by atoms with Gasteiger partial charge >= 0.3 is 0 Å². The maximum atomic E-state index is 6.46. The molecule has 2 aliphatic heterocycles. The lowest BCUT2D eigenvalue weighted by molar-refractivity contribution is -0.0967. The molecular weight excluding hydrogens is 392 g/mol. The van der Waals surface area contributed by atoms with E-state index in [-0.39, 0.29) is 11.2 Å². The quantitative estimate of drug-likeness (QED) is 0.406. The van der Waals surface area contributed by atoms with E-state index in [2.05, 4.69) is 76.2 Å². The summed E-state index contributed by atoms with van der Waals surface area (Å²) in [5, 5.41) is 0. The van der Waals surface area contributed by atoms with Crippen molar-refractivity contribution in [2.24, 2.45) is 53.3 Å². The first-order valence-corrected chi connectivity index (χ1v) is 14.2. The molecule has 4 fully saturated rings. The van der Waals surface area contributed by atoms with E-state index in [9.17, 15) is 0 Å². The minimum atomic E-state index is 0.214. The summed E-state index contributed by atoms with van der Waals surface area (Å²) in [6, 6.07) is 0. The van der Waals surface area contributed by atoms with Gasteiger partial charge in [0.25, 0.3) is 0 Å². The Morgan fingerprint density at radius 1 is 0.719 bits per heavy atom. The number of rotatable bonds is 6. The van der Waals surface area contributed by atoms with Gasteiger partial charge in [0.05, 0.1) is 23.4 Å². The average molecular weight is 449 g/mol. The molecule has 0 N–H and O–H groups in total. The summed E-state index contributed by atoms with van der Waals surface area (Å²) in [4.78, 5) is 0. The number of ether oxygens (including phenoxy) is 2. The van der Waals surface area contributed by atoms with E-state index >= 15 is 0 Å². The molecule has 0 aromatic heterocycles. The van der Waals surface area contributed by atoms with Crippen LogP contribution >= 0.6 is 0 Å². The fraction of sp³-hybridized carbons (Fsp3) is 1.00. The van der Waals surface area contributed by atoms with Crippen molar-refractivity contribution >= 4 is 0 Å². The molecule has 4 bridgehead atoms. The first-order valence-electron chi connectivity index (χ1n) is 14.2. The summed E-state index contributed by atoms with van der Waals surface area (Å²) >= 11 is 0. The zero-order valence-corrected chi connectivity index (χ0v) is 23.4. The van der Waals surface area contributed by atoms with Crippen LogP contribution in [-0.4, -0.2) is 23.4 Å². The van der Waals surface area contributed by atoms with Gasteiger partial charge in [0.2, 0.25) is 0 Å². The van der Waals surface area contributed by atoms with Crippen LogP contribution in [0.5, 0.6) is 0 Å². The molecule has 2 saturated heterocycles. The van der Waals surface area contributed by atoms with Crippen LogP contribution in [-0.2, 0) is 9.47 Å². The average Bonchev–Trinajstić information content (AvgIpc) is 3.12. The van der Waals surface area contributed by atoms with Gasteiger partial charge in [-0.3, -0.25) is 0 Å². The molecule has 4 rings (SSSR count). The van der Waals surface area contributed by atoms with Gasteiger partial charge in [-0.25, -0.2) is 0 Å². The molecule has 0 radical (unpaired) electrons. The summed E-state index contributed by atoms with van der Waals surface area (Å²) < 4.78 is 12.9. The van der Waals surface area contributed by atoms with Crippen molar-refractivity contribution in [1.29, 1.82) is 0 Å². The second-order valence-corrected chi connectivity index (χ2v) is 13.8. The number of hydrogen-bond donors (Lipinski definition) is 0. The lowest BCUT2D eigenvalue weighted by Crippen LogP contribution is -2.43. The molecule has 2 heterocycles. The second kappa shape index (κ2) is 9.88. The third-order valence-electron chi connectivity index (χ3n) is 9.48. The predicted molar refractivity (Wildman–Crippen MR) is 137 cm³/mol. The van der Waals surface area contributed by atoms with E-state index in [1.807, 2.05) is 0 Å². The monoisotopic (exact) mass is 448 g/mol. The number of fused-ring (bicyclic) bond motifs is 4. The summed E-state index contributed by atoms with van der Waals surface area (Å²) in [6.07, 6.45) is 8.85. The van der Waals surface area contributed by atoms with Crippen molar-refractivity contribution in [1.82, 2.24) is 0 Å². The molecule has 32 heavy (non-hydrogen) atoms. The molecule has 0 spiro atoms. The van der Waals surface area contributed by atoms with Crippen LogP contribution in [0.1, 0.15) is 115 Å². The lowest BCUT2D eigenvalue weighted by atomic mass is 9.63. The van der Waals surface area contributed by atoms with Crippen LogP contribution in [0.3, 0.4) is 0 Å². The Morgan fingerprint density at radius 3 is 1.75 bits per heavy atom. The molecule has 0 amide bonds. The highest BCUT2D eigenvalue weighted by Gasteiger charge is 2.61. The Morgan fingerprint density at radius 2 is 1.25 bits per heavy atom. The van der Waals surface area contributed by atoms with Crippen molar-refractivity contribution in [3.63, 3.8) is 0 Å². The summed E-state index contributed by atoms with van der Waals surface area (Å²) in [5.74, 6) is 7.12. The molecule has 0 aromatic rings. The molecule has 2 nitrogen and oxygen atoms in total. The molecule has 9 atom stereocenters. The third-order valence-corrected chi connectivity index (χ3v) is 9.48. The van der Waals surface area contributed by atoms with Gasteiger partial charge in [-0.15, -0.1) is 0 Å². The molecule has 9 unspecified atom stereocenters. The van der Waals surface area contributed by atoms with Gasteiger partial charge in [0, 0.05) is 0 Å². The highest BCUT2D eigenvalue weighted by atomic mass is 16.5. The zero-order valence-electron chi connectivity index (χ0n) is 23.4. The highest BCUT2D eigenvalue weighted by Crippen LogP contribution is 2.60. The topological polar surface area (TPSA) is 18.5 Å². The third kappa shape index (κ3) is 4.84. The summed E-state index contributed by atoms with van der Waals surface area (Å²) in [5.41, 5.74) is 0.441. The minimum absolute atomic E-state index is 0.214. The Bertz CT molecular complexity index is 573. The van der Waals surface area contributed by atoms with Gasteiger partial charge in [-0.2, -0.15) is 0 Å². The standard InChI is InChI=1S/2C15H28O/c1-9(2)7-15-8-11(5)13(12(6)16-15)14(15)10(3)4;1-10(2)9-15-8-6-7-13(12(5)16-15)14(15)11(3)4/h9-14H,7-8H2,1-6H3;10-14H,6-9H2,1-5H3. The van der Waals surface area contributed by atoms with E-state index < -0.39 is 0 Å². The van der Waals surface area contributed by atoms with Gasteiger partial charge in [0.15, 0.2) is 0 Å². The maximum Gasteiger partial charge on any atom is 0.0725 e. The maximum absolute atomic E-state index is 6.46.